The average molecular weight is 274 g/mol. The molecule has 0 aromatic heterocycles. The van der Waals surface area contributed by atoms with Crippen LogP contribution < -0.4 is 11.1 Å². The number of phenols is 1. The fourth-order valence-corrected chi connectivity index (χ4v) is 2.01. The summed E-state index contributed by atoms with van der Waals surface area (Å²) in [6.45, 7) is 0. The Morgan fingerprint density at radius 3 is 2.47 bits per heavy atom. The Morgan fingerprint density at radius 2 is 1.89 bits per heavy atom. The van der Waals surface area contributed by atoms with Crippen LogP contribution in [0.25, 0.3) is 0 Å². The number of nitrogens with two attached hydrogens (primary N) is 1. The highest BCUT2D eigenvalue weighted by atomic mass is 32.2. The number of nitrogens with one attached hydrogen (secondary N) is 1. The van der Waals surface area contributed by atoms with Crippen LogP contribution in [0.15, 0.2) is 47.4 Å². The second-order valence-electron chi connectivity index (χ2n) is 3.95. The molecule has 4 N–H and O–H groups in total. The molecule has 0 aliphatic rings. The molecule has 2 aromatic rings. The number of thioether (sulfide) groups is 1. The molecule has 0 saturated carbocycles. The van der Waals surface area contributed by atoms with Gasteiger partial charge in [-0.15, -0.1) is 11.8 Å². The normalized spacial score (nSPS) is 10.2. The molecule has 0 bridgehead atoms. The van der Waals surface area contributed by atoms with E-state index in [1.165, 1.54) is 12.1 Å². The zero-order chi connectivity index (χ0) is 13.8. The van der Waals surface area contributed by atoms with Crippen molar-refractivity contribution in [2.75, 3.05) is 17.3 Å². The van der Waals surface area contributed by atoms with Crippen molar-refractivity contribution in [3.63, 3.8) is 0 Å². The summed E-state index contributed by atoms with van der Waals surface area (Å²) in [7, 11) is 0. The number of nitrogen functional groups attached to an aromatic ring is 1. The van der Waals surface area contributed by atoms with Gasteiger partial charge < -0.3 is 16.2 Å². The quantitative estimate of drug-likeness (QED) is 0.457. The zero-order valence-electron chi connectivity index (χ0n) is 10.4. The summed E-state index contributed by atoms with van der Waals surface area (Å²) in [6, 6.07) is 11.7. The molecule has 0 saturated heterocycles. The van der Waals surface area contributed by atoms with Crippen LogP contribution in [-0.2, 0) is 0 Å². The van der Waals surface area contributed by atoms with Gasteiger partial charge in [-0.25, -0.2) is 0 Å². The van der Waals surface area contributed by atoms with E-state index in [4.69, 9.17) is 5.73 Å². The maximum atomic E-state index is 12.0. The van der Waals surface area contributed by atoms with Crippen LogP contribution in [0.2, 0.25) is 0 Å². The van der Waals surface area contributed by atoms with Gasteiger partial charge >= 0.3 is 0 Å². The summed E-state index contributed by atoms with van der Waals surface area (Å²) >= 11 is 1.62. The molecule has 0 atom stereocenters. The van der Waals surface area contributed by atoms with E-state index in [0.717, 1.165) is 4.90 Å². The Hall–Kier alpha value is -2.14. The van der Waals surface area contributed by atoms with E-state index in [1.54, 1.807) is 30.0 Å². The van der Waals surface area contributed by atoms with Crippen molar-refractivity contribution in [1.29, 1.82) is 0 Å². The zero-order valence-corrected chi connectivity index (χ0v) is 11.2. The first-order chi connectivity index (χ1) is 9.10. The van der Waals surface area contributed by atoms with Gasteiger partial charge in [0, 0.05) is 16.5 Å². The third-order valence-electron chi connectivity index (χ3n) is 2.64. The lowest BCUT2D eigenvalue weighted by Crippen LogP contribution is -2.12. The lowest BCUT2D eigenvalue weighted by molar-refractivity contribution is 0.102. The van der Waals surface area contributed by atoms with Gasteiger partial charge in [-0.1, -0.05) is 0 Å². The number of amides is 1. The third-order valence-corrected chi connectivity index (χ3v) is 3.38. The molecular weight excluding hydrogens is 260 g/mol. The second-order valence-corrected chi connectivity index (χ2v) is 4.83. The number of rotatable bonds is 3. The lowest BCUT2D eigenvalue weighted by atomic mass is 10.2. The molecular formula is C14H14N2O2S. The SMILES string of the molecule is CSc1ccc(C(=O)Nc2ccc(O)cc2N)cc1. The van der Waals surface area contributed by atoms with E-state index in [0.29, 0.717) is 16.9 Å². The standard InChI is InChI=1S/C14H14N2O2S/c1-19-11-5-2-9(3-6-11)14(18)16-13-7-4-10(17)8-12(13)15/h2-8,17H,15H2,1H3,(H,16,18). The summed E-state index contributed by atoms with van der Waals surface area (Å²) < 4.78 is 0. The Morgan fingerprint density at radius 1 is 1.21 bits per heavy atom. The van der Waals surface area contributed by atoms with E-state index in [-0.39, 0.29) is 11.7 Å². The van der Waals surface area contributed by atoms with Gasteiger partial charge in [-0.3, -0.25) is 4.79 Å². The van der Waals surface area contributed by atoms with E-state index in [2.05, 4.69) is 5.32 Å². The molecule has 19 heavy (non-hydrogen) atoms. The van der Waals surface area contributed by atoms with Crippen molar-refractivity contribution < 1.29 is 9.90 Å². The molecule has 0 radical (unpaired) electrons. The third kappa shape index (κ3) is 3.20. The number of anilines is 2. The van der Waals surface area contributed by atoms with Gasteiger partial charge in [0.1, 0.15) is 5.75 Å². The molecule has 4 nitrogen and oxygen atoms in total. The number of phenolic OH excluding ortho intramolecular Hbond substituents is 1. The van der Waals surface area contributed by atoms with Gasteiger partial charge in [0.15, 0.2) is 0 Å². The van der Waals surface area contributed by atoms with Crippen molar-refractivity contribution in [3.05, 3.63) is 48.0 Å². The maximum absolute atomic E-state index is 12.0. The monoisotopic (exact) mass is 274 g/mol. The number of carbonyl (C=O) groups excluding carboxylic acids is 1. The Bertz CT molecular complexity index is 597. The molecule has 0 heterocycles. The van der Waals surface area contributed by atoms with Gasteiger partial charge in [-0.05, 0) is 42.7 Å². The predicted octanol–water partition coefficient (Wildman–Crippen LogP) is 2.95. The molecule has 0 spiro atoms. The van der Waals surface area contributed by atoms with Crippen LogP contribution in [-0.4, -0.2) is 17.3 Å². The average Bonchev–Trinajstić information content (AvgIpc) is 2.42. The Kier molecular flexibility index (Phi) is 3.97. The maximum Gasteiger partial charge on any atom is 0.255 e. The fraction of sp³-hybridized carbons (Fsp3) is 0.0714. The minimum absolute atomic E-state index is 0.0693. The van der Waals surface area contributed by atoms with Gasteiger partial charge in [-0.2, -0.15) is 0 Å². The summed E-state index contributed by atoms with van der Waals surface area (Å²) in [5, 5.41) is 12.0. The number of aromatic hydroxyl groups is 1. The van der Waals surface area contributed by atoms with E-state index in [1.807, 2.05) is 18.4 Å². The fourth-order valence-electron chi connectivity index (χ4n) is 1.60. The van der Waals surface area contributed by atoms with Crippen molar-refractivity contribution in [3.8, 4) is 5.75 Å². The molecule has 5 heteroatoms. The number of benzene rings is 2. The summed E-state index contributed by atoms with van der Waals surface area (Å²) in [5.41, 5.74) is 7.09. The minimum atomic E-state index is -0.231. The molecule has 0 aliphatic carbocycles. The van der Waals surface area contributed by atoms with Crippen molar-refractivity contribution >= 4 is 29.0 Å². The molecule has 2 aromatic carbocycles. The van der Waals surface area contributed by atoms with E-state index >= 15 is 0 Å². The van der Waals surface area contributed by atoms with Crippen LogP contribution in [0.4, 0.5) is 11.4 Å². The van der Waals surface area contributed by atoms with Crippen molar-refractivity contribution in [2.45, 2.75) is 4.90 Å². The first-order valence-corrected chi connectivity index (χ1v) is 6.86. The van der Waals surface area contributed by atoms with Gasteiger partial charge in [0.25, 0.3) is 5.91 Å². The Labute approximate surface area is 115 Å². The molecule has 0 unspecified atom stereocenters. The summed E-state index contributed by atoms with van der Waals surface area (Å²) in [4.78, 5) is 13.1. The van der Waals surface area contributed by atoms with Gasteiger partial charge in [0.05, 0.1) is 11.4 Å². The summed E-state index contributed by atoms with van der Waals surface area (Å²) in [5.74, 6) is -0.162. The minimum Gasteiger partial charge on any atom is -0.508 e. The number of carbonyl (C=O) groups is 1. The highest BCUT2D eigenvalue weighted by Gasteiger charge is 2.08. The van der Waals surface area contributed by atoms with Crippen LogP contribution in [0.5, 0.6) is 5.75 Å². The smallest absolute Gasteiger partial charge is 0.255 e. The topological polar surface area (TPSA) is 75.3 Å². The van der Waals surface area contributed by atoms with E-state index < -0.39 is 0 Å². The summed E-state index contributed by atoms with van der Waals surface area (Å²) in [6.07, 6.45) is 1.98. The predicted molar refractivity (Wildman–Crippen MR) is 78.7 cm³/mol. The van der Waals surface area contributed by atoms with Crippen LogP contribution in [0, 0.1) is 0 Å². The van der Waals surface area contributed by atoms with Crippen LogP contribution in [0.1, 0.15) is 10.4 Å². The molecule has 0 aliphatic heterocycles. The highest BCUT2D eigenvalue weighted by molar-refractivity contribution is 7.98. The first-order valence-electron chi connectivity index (χ1n) is 5.64. The van der Waals surface area contributed by atoms with Crippen LogP contribution >= 0.6 is 11.8 Å². The first kappa shape index (κ1) is 13.3. The van der Waals surface area contributed by atoms with Crippen molar-refractivity contribution in [2.24, 2.45) is 0 Å². The molecule has 0 fully saturated rings. The largest absolute Gasteiger partial charge is 0.508 e. The molecule has 1 amide bonds. The number of hydrogen-bond acceptors (Lipinski definition) is 4. The molecule has 98 valence electrons. The van der Waals surface area contributed by atoms with Crippen molar-refractivity contribution in [1.82, 2.24) is 0 Å². The lowest BCUT2D eigenvalue weighted by Gasteiger charge is -2.08. The van der Waals surface area contributed by atoms with Crippen LogP contribution in [0.3, 0.4) is 0 Å². The second kappa shape index (κ2) is 5.67. The number of hydrogen-bond donors (Lipinski definition) is 3. The van der Waals surface area contributed by atoms with E-state index in [9.17, 15) is 9.90 Å². The van der Waals surface area contributed by atoms with Gasteiger partial charge in [0.2, 0.25) is 0 Å². The highest BCUT2D eigenvalue weighted by Crippen LogP contribution is 2.24. The molecule has 2 rings (SSSR count). The Balaban J connectivity index is 2.15.